The molecule has 1 rings (SSSR count). The summed E-state index contributed by atoms with van der Waals surface area (Å²) in [6, 6.07) is -1.68. The minimum Gasteiger partial charge on any atom is -0.370 e. The number of nitrogens with two attached hydrogens (primary N) is 3. The van der Waals surface area contributed by atoms with Crippen molar-refractivity contribution in [3.8, 4) is 0 Å². The number of hydrogen-bond acceptors (Lipinski definition) is 13. The van der Waals surface area contributed by atoms with Crippen LogP contribution >= 0.6 is 21.6 Å². The van der Waals surface area contributed by atoms with Gasteiger partial charge in [-0.2, -0.15) is 0 Å². The average molecular weight is 658 g/mol. The second-order valence-electron chi connectivity index (χ2n) is 10.3. The molecule has 6 amide bonds. The van der Waals surface area contributed by atoms with Gasteiger partial charge in [-0.05, 0) is 35.1 Å². The van der Waals surface area contributed by atoms with E-state index in [9.17, 15) is 38.9 Å². The maximum absolute atomic E-state index is 13.0. The monoisotopic (exact) mass is 657 g/mol. The van der Waals surface area contributed by atoms with Gasteiger partial charge in [-0.15, -0.1) is 0 Å². The van der Waals surface area contributed by atoms with E-state index in [1.54, 1.807) is 27.7 Å². The van der Waals surface area contributed by atoms with Crippen molar-refractivity contribution >= 4 is 62.7 Å². The molecule has 244 valence electrons. The average Bonchev–Trinajstić information content (AvgIpc) is 2.95. The summed E-state index contributed by atoms with van der Waals surface area (Å²) in [5, 5.41) is 20.7. The van der Waals surface area contributed by atoms with Crippen LogP contribution in [0.3, 0.4) is 0 Å². The van der Waals surface area contributed by atoms with E-state index in [4.69, 9.17) is 17.2 Å². The predicted octanol–water partition coefficient (Wildman–Crippen LogP) is -1.31. The summed E-state index contributed by atoms with van der Waals surface area (Å²) in [5.74, 6) is -5.24. The fourth-order valence-electron chi connectivity index (χ4n) is 3.38. The highest BCUT2D eigenvalue weighted by molar-refractivity contribution is 8.76. The zero-order valence-corrected chi connectivity index (χ0v) is 26.4. The Bertz CT molecular complexity index is 1220. The topological polar surface area (TPSA) is 285 Å². The Morgan fingerprint density at radius 3 is 2.09 bits per heavy atom. The van der Waals surface area contributed by atoms with Crippen LogP contribution in [-0.2, 0) is 28.8 Å². The molecule has 0 aliphatic carbocycles. The summed E-state index contributed by atoms with van der Waals surface area (Å²) in [7, 11) is 2.04. The van der Waals surface area contributed by atoms with Crippen molar-refractivity contribution in [2.24, 2.45) is 29.0 Å². The molecular weight excluding hydrogens is 618 g/mol. The summed E-state index contributed by atoms with van der Waals surface area (Å²) < 4.78 is 0. The van der Waals surface area contributed by atoms with Gasteiger partial charge in [0.25, 0.3) is 0 Å². The number of amides is 6. The van der Waals surface area contributed by atoms with E-state index in [1.165, 1.54) is 18.3 Å². The SMILES string of the molecule is CC(C)[C@H](NC(=O)[C@@H](NC(=O)[C@@H](N)CCC(N)=O)C(C)C)C(=O)NC(=O)CNC(=O)[C@@H](N)CSSc1ncccc1[N+](=O)[O-]. The van der Waals surface area contributed by atoms with Crippen molar-refractivity contribution in [2.45, 2.75) is 69.7 Å². The third-order valence-corrected chi connectivity index (χ3v) is 8.21. The third kappa shape index (κ3) is 13.2. The van der Waals surface area contributed by atoms with Crippen LogP contribution < -0.4 is 38.5 Å². The molecule has 1 aromatic heterocycles. The first-order valence-corrected chi connectivity index (χ1v) is 15.8. The van der Waals surface area contributed by atoms with E-state index in [-0.39, 0.29) is 29.3 Å². The molecular formula is C25H39N9O8S2. The van der Waals surface area contributed by atoms with Crippen molar-refractivity contribution in [1.82, 2.24) is 26.3 Å². The Morgan fingerprint density at radius 1 is 0.932 bits per heavy atom. The summed E-state index contributed by atoms with van der Waals surface area (Å²) >= 11 is 0. The molecule has 0 fully saturated rings. The van der Waals surface area contributed by atoms with E-state index >= 15 is 0 Å². The lowest BCUT2D eigenvalue weighted by atomic mass is 9.99. The Labute approximate surface area is 261 Å². The van der Waals surface area contributed by atoms with Crippen molar-refractivity contribution < 1.29 is 33.7 Å². The second kappa shape index (κ2) is 18.8. The maximum Gasteiger partial charge on any atom is 0.302 e. The van der Waals surface area contributed by atoms with Crippen molar-refractivity contribution in [3.63, 3.8) is 0 Å². The van der Waals surface area contributed by atoms with Crippen LogP contribution in [0.5, 0.6) is 0 Å². The van der Waals surface area contributed by atoms with E-state index in [1.807, 2.05) is 0 Å². The Morgan fingerprint density at radius 2 is 1.52 bits per heavy atom. The molecule has 4 atom stereocenters. The van der Waals surface area contributed by atoms with E-state index in [2.05, 4.69) is 26.3 Å². The number of primary amides is 1. The normalized spacial score (nSPS) is 13.7. The van der Waals surface area contributed by atoms with Gasteiger partial charge in [-0.1, -0.05) is 38.5 Å². The van der Waals surface area contributed by atoms with Gasteiger partial charge in [0.15, 0.2) is 5.03 Å². The van der Waals surface area contributed by atoms with Crippen LogP contribution in [-0.4, -0.2) is 81.8 Å². The second-order valence-corrected chi connectivity index (χ2v) is 12.6. The van der Waals surface area contributed by atoms with E-state index in [0.717, 1.165) is 21.6 Å². The van der Waals surface area contributed by atoms with Crippen LogP contribution in [0, 0.1) is 22.0 Å². The summed E-state index contributed by atoms with van der Waals surface area (Å²) in [5.41, 5.74) is 16.5. The number of nitrogens with zero attached hydrogens (tertiary/aromatic N) is 2. The molecule has 19 heteroatoms. The highest BCUT2D eigenvalue weighted by Gasteiger charge is 2.32. The van der Waals surface area contributed by atoms with Crippen LogP contribution in [0.25, 0.3) is 0 Å². The Kier molecular flexibility index (Phi) is 16.3. The lowest BCUT2D eigenvalue weighted by molar-refractivity contribution is -0.388. The minimum atomic E-state index is -1.17. The van der Waals surface area contributed by atoms with Gasteiger partial charge in [0.2, 0.25) is 35.4 Å². The lowest BCUT2D eigenvalue weighted by Gasteiger charge is -2.27. The highest BCUT2D eigenvalue weighted by Crippen LogP contribution is 2.35. The first kappa shape index (κ1) is 38.2. The molecule has 0 unspecified atom stereocenters. The third-order valence-electron chi connectivity index (χ3n) is 5.89. The smallest absolute Gasteiger partial charge is 0.302 e. The molecule has 10 N–H and O–H groups in total. The number of rotatable bonds is 18. The molecule has 0 aliphatic rings. The first-order valence-electron chi connectivity index (χ1n) is 13.5. The standard InChI is InChI=1S/C25H39N9O8S2/c1-12(2)19(33-24(40)20(13(3)4)32-22(38)14(26)7-8-17(28)35)23(39)31-18(36)10-30-21(37)15(27)11-43-44-25-16(34(41)42)6-5-9-29-25/h5-6,9,12-15,19-20H,7-8,10-11,26-27H2,1-4H3,(H2,28,35)(H,30,37)(H,32,38)(H,33,40)(H,31,36,39)/t14-,15-,19-,20-/m0/s1. The van der Waals surface area contributed by atoms with Gasteiger partial charge >= 0.3 is 5.69 Å². The van der Waals surface area contributed by atoms with Gasteiger partial charge in [-0.25, -0.2) is 4.98 Å². The molecule has 17 nitrogen and oxygen atoms in total. The molecule has 0 spiro atoms. The number of carbonyl (C=O) groups excluding carboxylic acids is 6. The quantitative estimate of drug-likeness (QED) is 0.0549. The summed E-state index contributed by atoms with van der Waals surface area (Å²) in [6.07, 6.45) is 1.27. The number of pyridine rings is 1. The number of hydrogen-bond donors (Lipinski definition) is 7. The first-order chi connectivity index (χ1) is 20.5. The zero-order chi connectivity index (χ0) is 33.6. The van der Waals surface area contributed by atoms with Crippen LogP contribution in [0.4, 0.5) is 5.69 Å². The lowest BCUT2D eigenvalue weighted by Crippen LogP contribution is -2.59. The molecule has 0 aromatic carbocycles. The van der Waals surface area contributed by atoms with E-state index < -0.39 is 82.9 Å². The Balaban J connectivity index is 2.64. The summed E-state index contributed by atoms with van der Waals surface area (Å²) in [6.45, 7) is 6.01. The van der Waals surface area contributed by atoms with Crippen molar-refractivity contribution in [2.75, 3.05) is 12.3 Å². The van der Waals surface area contributed by atoms with Crippen molar-refractivity contribution in [1.29, 1.82) is 0 Å². The fourth-order valence-corrected chi connectivity index (χ4v) is 5.56. The van der Waals surface area contributed by atoms with Crippen molar-refractivity contribution in [3.05, 3.63) is 28.4 Å². The highest BCUT2D eigenvalue weighted by atomic mass is 33.1. The molecule has 0 radical (unpaired) electrons. The number of nitrogens with one attached hydrogen (secondary N) is 4. The molecule has 0 aliphatic heterocycles. The zero-order valence-electron chi connectivity index (χ0n) is 24.7. The molecule has 44 heavy (non-hydrogen) atoms. The van der Waals surface area contributed by atoms with Gasteiger partial charge in [0, 0.05) is 24.4 Å². The summed E-state index contributed by atoms with van der Waals surface area (Å²) in [4.78, 5) is 88.4. The number of aromatic nitrogens is 1. The number of imide groups is 1. The largest absolute Gasteiger partial charge is 0.370 e. The van der Waals surface area contributed by atoms with Crippen LogP contribution in [0.15, 0.2) is 23.4 Å². The fraction of sp³-hybridized carbons (Fsp3) is 0.560. The predicted molar refractivity (Wildman–Crippen MR) is 163 cm³/mol. The Hall–Kier alpha value is -3.81. The van der Waals surface area contributed by atoms with Crippen LogP contribution in [0.1, 0.15) is 40.5 Å². The van der Waals surface area contributed by atoms with Crippen LogP contribution in [0.2, 0.25) is 0 Å². The molecule has 0 saturated heterocycles. The van der Waals surface area contributed by atoms with Gasteiger partial charge < -0.3 is 33.2 Å². The molecule has 0 bridgehead atoms. The number of nitro groups is 1. The number of carbonyl (C=O) groups is 6. The maximum atomic E-state index is 13.0. The van der Waals surface area contributed by atoms with E-state index in [0.29, 0.717) is 0 Å². The minimum absolute atomic E-state index is 0.0120. The molecule has 1 heterocycles. The van der Waals surface area contributed by atoms with Gasteiger partial charge in [0.1, 0.15) is 12.1 Å². The molecule has 0 saturated carbocycles. The molecule has 1 aromatic rings. The van der Waals surface area contributed by atoms with Gasteiger partial charge in [-0.3, -0.25) is 44.2 Å². The van der Waals surface area contributed by atoms with Gasteiger partial charge in [0.05, 0.1) is 23.6 Å².